The molecule has 2 N–H and O–H groups in total. The van der Waals surface area contributed by atoms with Crippen LogP contribution in [0.2, 0.25) is 5.02 Å². The molecule has 23 heavy (non-hydrogen) atoms. The largest absolute Gasteiger partial charge is 0.280 e. The van der Waals surface area contributed by atoms with Crippen LogP contribution in [0.3, 0.4) is 0 Å². The van der Waals surface area contributed by atoms with Gasteiger partial charge in [-0.3, -0.25) is 4.72 Å². The highest BCUT2D eigenvalue weighted by Crippen LogP contribution is 2.23. The second-order valence-electron chi connectivity index (χ2n) is 4.53. The molecule has 0 bridgehead atoms. The number of sulfonamides is 1. The number of aromatic amines is 1. The van der Waals surface area contributed by atoms with Crippen molar-refractivity contribution >= 4 is 27.3 Å². The number of rotatable bonds is 4. The predicted octanol–water partition coefficient (Wildman–Crippen LogP) is 2.46. The molecule has 0 amide bonds. The predicted molar refractivity (Wildman–Crippen MR) is 81.8 cm³/mol. The van der Waals surface area contributed by atoms with Crippen molar-refractivity contribution in [2.75, 3.05) is 4.72 Å². The molecule has 0 unspecified atom stereocenters. The summed E-state index contributed by atoms with van der Waals surface area (Å²) in [5.74, 6) is -0.418. The molecule has 7 nitrogen and oxygen atoms in total. The summed E-state index contributed by atoms with van der Waals surface area (Å²) < 4.78 is 40.3. The van der Waals surface area contributed by atoms with Crippen molar-refractivity contribution in [1.82, 2.24) is 20.6 Å². The maximum Gasteiger partial charge on any atom is 0.262 e. The summed E-state index contributed by atoms with van der Waals surface area (Å²) in [4.78, 5) is -0.271. The molecular formula is C13H9ClFN5O2S. The van der Waals surface area contributed by atoms with Crippen LogP contribution in [0.25, 0.3) is 11.4 Å². The molecule has 0 radical (unpaired) electrons. The highest BCUT2D eigenvalue weighted by molar-refractivity contribution is 7.92. The minimum atomic E-state index is -3.98. The Kier molecular flexibility index (Phi) is 3.97. The van der Waals surface area contributed by atoms with Gasteiger partial charge in [-0.15, -0.1) is 10.2 Å². The molecule has 0 fully saturated rings. The smallest absolute Gasteiger partial charge is 0.262 e. The molecule has 3 rings (SSSR count). The first kappa shape index (κ1) is 15.4. The Bertz CT molecular complexity index is 927. The minimum absolute atomic E-state index is 0.00840. The van der Waals surface area contributed by atoms with E-state index in [0.29, 0.717) is 11.4 Å². The molecule has 2 aromatic carbocycles. The molecule has 0 aliphatic rings. The van der Waals surface area contributed by atoms with Gasteiger partial charge in [0.2, 0.25) is 5.82 Å². The number of hydrogen-bond acceptors (Lipinski definition) is 5. The second kappa shape index (κ2) is 5.94. The lowest BCUT2D eigenvalue weighted by molar-refractivity contribution is 0.595. The van der Waals surface area contributed by atoms with Gasteiger partial charge in [-0.2, -0.15) is 5.21 Å². The van der Waals surface area contributed by atoms with E-state index < -0.39 is 15.8 Å². The molecule has 1 heterocycles. The SMILES string of the molecule is O=S(=O)(Nc1cccc(-c2nn[nH]n2)c1)c1cc(F)cc(Cl)c1. The van der Waals surface area contributed by atoms with E-state index in [2.05, 4.69) is 25.3 Å². The van der Waals surface area contributed by atoms with Gasteiger partial charge in [-0.05, 0) is 35.5 Å². The van der Waals surface area contributed by atoms with E-state index in [1.807, 2.05) is 0 Å². The number of halogens is 2. The number of nitrogens with zero attached hydrogens (tertiary/aromatic N) is 3. The van der Waals surface area contributed by atoms with Crippen molar-refractivity contribution in [2.24, 2.45) is 0 Å². The molecule has 118 valence electrons. The zero-order valence-corrected chi connectivity index (χ0v) is 12.9. The summed E-state index contributed by atoms with van der Waals surface area (Å²) in [5, 5.41) is 13.4. The van der Waals surface area contributed by atoms with Gasteiger partial charge in [0.25, 0.3) is 10.0 Å². The van der Waals surface area contributed by atoms with Gasteiger partial charge in [0, 0.05) is 16.3 Å². The van der Waals surface area contributed by atoms with Crippen molar-refractivity contribution in [1.29, 1.82) is 0 Å². The van der Waals surface area contributed by atoms with Crippen molar-refractivity contribution in [3.05, 3.63) is 53.3 Å². The fraction of sp³-hybridized carbons (Fsp3) is 0. The molecule has 0 aliphatic heterocycles. The van der Waals surface area contributed by atoms with Crippen LogP contribution in [-0.4, -0.2) is 29.0 Å². The van der Waals surface area contributed by atoms with Gasteiger partial charge >= 0.3 is 0 Å². The number of hydrogen-bond donors (Lipinski definition) is 2. The van der Waals surface area contributed by atoms with Crippen LogP contribution in [0.1, 0.15) is 0 Å². The summed E-state index contributed by atoms with van der Waals surface area (Å²) in [5.41, 5.74) is 0.837. The third-order valence-electron chi connectivity index (χ3n) is 2.86. The Morgan fingerprint density at radius 1 is 1.17 bits per heavy atom. The van der Waals surface area contributed by atoms with Gasteiger partial charge in [0.1, 0.15) is 5.82 Å². The van der Waals surface area contributed by atoms with Crippen LogP contribution >= 0.6 is 11.6 Å². The Morgan fingerprint density at radius 3 is 2.70 bits per heavy atom. The molecule has 0 spiro atoms. The molecular weight excluding hydrogens is 345 g/mol. The first-order chi connectivity index (χ1) is 10.9. The maximum atomic E-state index is 13.3. The quantitative estimate of drug-likeness (QED) is 0.750. The number of H-pyrrole nitrogens is 1. The van der Waals surface area contributed by atoms with Crippen LogP contribution in [0.15, 0.2) is 47.4 Å². The zero-order chi connectivity index (χ0) is 16.4. The lowest BCUT2D eigenvalue weighted by atomic mass is 10.2. The van der Waals surface area contributed by atoms with E-state index in [1.165, 1.54) is 6.07 Å². The zero-order valence-electron chi connectivity index (χ0n) is 11.4. The Balaban J connectivity index is 1.93. The van der Waals surface area contributed by atoms with Crippen LogP contribution in [0, 0.1) is 5.82 Å². The molecule has 10 heteroatoms. The fourth-order valence-corrected chi connectivity index (χ4v) is 3.30. The van der Waals surface area contributed by atoms with Crippen LogP contribution < -0.4 is 4.72 Å². The highest BCUT2D eigenvalue weighted by Gasteiger charge is 2.17. The molecule has 0 saturated heterocycles. The van der Waals surface area contributed by atoms with Gasteiger partial charge in [0.15, 0.2) is 0 Å². The lowest BCUT2D eigenvalue weighted by Gasteiger charge is -2.09. The van der Waals surface area contributed by atoms with Gasteiger partial charge in [-0.1, -0.05) is 23.7 Å². The lowest BCUT2D eigenvalue weighted by Crippen LogP contribution is -2.13. The summed E-state index contributed by atoms with van der Waals surface area (Å²) in [6, 6.07) is 9.47. The topological polar surface area (TPSA) is 101 Å². The summed E-state index contributed by atoms with van der Waals surface area (Å²) >= 11 is 5.69. The van der Waals surface area contributed by atoms with E-state index in [0.717, 1.165) is 18.2 Å². The van der Waals surface area contributed by atoms with E-state index in [1.54, 1.807) is 18.2 Å². The number of tetrazole rings is 1. The van der Waals surface area contributed by atoms with Gasteiger partial charge in [0.05, 0.1) is 4.90 Å². The number of nitrogens with one attached hydrogen (secondary N) is 2. The number of anilines is 1. The monoisotopic (exact) mass is 353 g/mol. The van der Waals surface area contributed by atoms with Crippen molar-refractivity contribution in [3.8, 4) is 11.4 Å². The van der Waals surface area contributed by atoms with Gasteiger partial charge < -0.3 is 0 Å². The van der Waals surface area contributed by atoms with E-state index in [4.69, 9.17) is 11.6 Å². The maximum absolute atomic E-state index is 13.3. The van der Waals surface area contributed by atoms with Crippen molar-refractivity contribution in [2.45, 2.75) is 4.90 Å². The summed E-state index contributed by atoms with van der Waals surface area (Å²) in [6.45, 7) is 0. The Labute approximate surface area is 135 Å². The first-order valence-corrected chi connectivity index (χ1v) is 8.13. The van der Waals surface area contributed by atoms with E-state index in [9.17, 15) is 12.8 Å². The van der Waals surface area contributed by atoms with Crippen molar-refractivity contribution in [3.63, 3.8) is 0 Å². The number of aromatic nitrogens is 4. The first-order valence-electron chi connectivity index (χ1n) is 6.27. The Morgan fingerprint density at radius 2 is 2.00 bits per heavy atom. The second-order valence-corrected chi connectivity index (χ2v) is 6.65. The standard InChI is InChI=1S/C13H9ClFN5O2S/c14-9-5-10(15)7-12(6-9)23(21,22)18-11-3-1-2-8(4-11)13-16-19-20-17-13/h1-7,18H,(H,16,17,19,20). The molecule has 0 aliphatic carbocycles. The molecule has 0 saturated carbocycles. The highest BCUT2D eigenvalue weighted by atomic mass is 35.5. The minimum Gasteiger partial charge on any atom is -0.280 e. The average Bonchev–Trinajstić information content (AvgIpc) is 3.00. The molecule has 0 atom stereocenters. The normalized spacial score (nSPS) is 11.4. The number of benzene rings is 2. The summed E-state index contributed by atoms with van der Waals surface area (Å²) in [7, 11) is -3.98. The van der Waals surface area contributed by atoms with E-state index in [-0.39, 0.29) is 15.6 Å². The van der Waals surface area contributed by atoms with Gasteiger partial charge in [-0.25, -0.2) is 12.8 Å². The summed E-state index contributed by atoms with van der Waals surface area (Å²) in [6.07, 6.45) is 0. The van der Waals surface area contributed by atoms with Crippen molar-refractivity contribution < 1.29 is 12.8 Å². The fourth-order valence-electron chi connectivity index (χ4n) is 1.90. The molecule has 3 aromatic rings. The third kappa shape index (κ3) is 3.46. The average molecular weight is 354 g/mol. The van der Waals surface area contributed by atoms with E-state index >= 15 is 0 Å². The Hall–Kier alpha value is -2.52. The van der Waals surface area contributed by atoms with Crippen LogP contribution in [-0.2, 0) is 10.0 Å². The van der Waals surface area contributed by atoms with Crippen LogP contribution in [0.5, 0.6) is 0 Å². The van der Waals surface area contributed by atoms with Crippen LogP contribution in [0.4, 0.5) is 10.1 Å². The molecule has 1 aromatic heterocycles. The third-order valence-corrected chi connectivity index (χ3v) is 4.44.